The summed E-state index contributed by atoms with van der Waals surface area (Å²) in [6, 6.07) is 10.9. The average molecular weight is 247 g/mol. The van der Waals surface area contributed by atoms with Crippen LogP contribution in [0.1, 0.15) is 58.9 Å². The first-order chi connectivity index (χ1) is 8.52. The summed E-state index contributed by atoms with van der Waals surface area (Å²) >= 11 is 0. The van der Waals surface area contributed by atoms with Crippen molar-refractivity contribution in [3.05, 3.63) is 35.9 Å². The van der Waals surface area contributed by atoms with E-state index in [0.29, 0.717) is 11.8 Å². The monoisotopic (exact) mass is 247 g/mol. The van der Waals surface area contributed by atoms with Gasteiger partial charge in [-0.1, -0.05) is 58.0 Å². The third-order valence-electron chi connectivity index (χ3n) is 4.34. The van der Waals surface area contributed by atoms with Crippen LogP contribution in [-0.4, -0.2) is 12.1 Å². The first-order valence-corrected chi connectivity index (χ1v) is 7.32. The Kier molecular flexibility index (Phi) is 5.87. The maximum atomic E-state index is 3.78. The minimum atomic E-state index is 0.280. The molecule has 18 heavy (non-hydrogen) atoms. The minimum absolute atomic E-state index is 0.280. The molecule has 1 aromatic carbocycles. The summed E-state index contributed by atoms with van der Waals surface area (Å²) in [5, 5.41) is 3.78. The predicted octanol–water partition coefficient (Wildman–Crippen LogP) is 4.59. The summed E-state index contributed by atoms with van der Waals surface area (Å²) in [6.45, 7) is 12.6. The van der Waals surface area contributed by atoms with Crippen molar-refractivity contribution in [2.45, 2.75) is 58.9 Å². The molecule has 0 heterocycles. The van der Waals surface area contributed by atoms with Gasteiger partial charge in [0.15, 0.2) is 0 Å². The molecule has 102 valence electrons. The smallest absolute Gasteiger partial charge is 0.0148 e. The topological polar surface area (TPSA) is 12.0 Å². The van der Waals surface area contributed by atoms with Crippen LogP contribution in [0.5, 0.6) is 0 Å². The molecular weight excluding hydrogens is 218 g/mol. The molecule has 1 N–H and O–H groups in total. The fourth-order valence-electron chi connectivity index (χ4n) is 2.30. The van der Waals surface area contributed by atoms with Crippen molar-refractivity contribution in [2.75, 3.05) is 6.54 Å². The quantitative estimate of drug-likeness (QED) is 0.743. The van der Waals surface area contributed by atoms with Crippen LogP contribution in [0.15, 0.2) is 30.3 Å². The Bertz CT molecular complexity index is 325. The summed E-state index contributed by atoms with van der Waals surface area (Å²) in [4.78, 5) is 0. The molecule has 0 spiro atoms. The molecular formula is C17H29N. The Balaban J connectivity index is 2.71. The zero-order valence-corrected chi connectivity index (χ0v) is 12.7. The second-order valence-corrected chi connectivity index (χ2v) is 5.91. The van der Waals surface area contributed by atoms with Crippen LogP contribution in [0, 0.1) is 5.92 Å². The van der Waals surface area contributed by atoms with Crippen LogP contribution in [0.2, 0.25) is 0 Å². The molecule has 0 saturated heterocycles. The number of hydrogen-bond donors (Lipinski definition) is 1. The van der Waals surface area contributed by atoms with E-state index in [1.54, 1.807) is 0 Å². The molecule has 0 amide bonds. The van der Waals surface area contributed by atoms with Crippen molar-refractivity contribution >= 4 is 0 Å². The molecule has 1 rings (SSSR count). The van der Waals surface area contributed by atoms with Crippen molar-refractivity contribution in [3.63, 3.8) is 0 Å². The van der Waals surface area contributed by atoms with Gasteiger partial charge in [-0.2, -0.15) is 0 Å². The van der Waals surface area contributed by atoms with Gasteiger partial charge in [-0.25, -0.2) is 0 Å². The molecule has 0 radical (unpaired) electrons. The number of benzene rings is 1. The molecule has 0 saturated carbocycles. The van der Waals surface area contributed by atoms with Gasteiger partial charge in [0.1, 0.15) is 0 Å². The molecule has 1 nitrogen and oxygen atoms in total. The van der Waals surface area contributed by atoms with E-state index >= 15 is 0 Å². The highest BCUT2D eigenvalue weighted by Crippen LogP contribution is 2.25. The Hall–Kier alpha value is -0.820. The minimum Gasteiger partial charge on any atom is -0.311 e. The first-order valence-electron chi connectivity index (χ1n) is 7.32. The van der Waals surface area contributed by atoms with Gasteiger partial charge < -0.3 is 5.32 Å². The van der Waals surface area contributed by atoms with Gasteiger partial charge in [-0.3, -0.25) is 0 Å². The van der Waals surface area contributed by atoms with Gasteiger partial charge in [0.05, 0.1) is 0 Å². The van der Waals surface area contributed by atoms with Crippen LogP contribution in [0.3, 0.4) is 0 Å². The Morgan fingerprint density at radius 1 is 1.06 bits per heavy atom. The van der Waals surface area contributed by atoms with E-state index in [1.807, 2.05) is 0 Å². The van der Waals surface area contributed by atoms with Gasteiger partial charge in [-0.05, 0) is 37.2 Å². The standard InChI is InChI=1S/C17H29N/c1-6-17(5,7-2)18-13-16(14(3)4)15-11-9-8-10-12-15/h8-12,14,16,18H,6-7,13H2,1-5H3. The van der Waals surface area contributed by atoms with Crippen LogP contribution in [-0.2, 0) is 0 Å². The number of rotatable bonds is 7. The molecule has 0 aliphatic rings. The zero-order valence-electron chi connectivity index (χ0n) is 12.7. The maximum Gasteiger partial charge on any atom is 0.0148 e. The lowest BCUT2D eigenvalue weighted by molar-refractivity contribution is 0.306. The molecule has 1 heteroatoms. The molecule has 0 aromatic heterocycles. The second kappa shape index (κ2) is 6.94. The van der Waals surface area contributed by atoms with E-state index in [0.717, 1.165) is 6.54 Å². The third-order valence-corrected chi connectivity index (χ3v) is 4.34. The SMILES string of the molecule is CCC(C)(CC)NCC(c1ccccc1)C(C)C. The van der Waals surface area contributed by atoms with Gasteiger partial charge >= 0.3 is 0 Å². The van der Waals surface area contributed by atoms with Crippen LogP contribution in [0.25, 0.3) is 0 Å². The lowest BCUT2D eigenvalue weighted by Gasteiger charge is -2.32. The summed E-state index contributed by atoms with van der Waals surface area (Å²) in [6.07, 6.45) is 2.37. The molecule has 1 aromatic rings. The van der Waals surface area contributed by atoms with Crippen molar-refractivity contribution < 1.29 is 0 Å². The lowest BCUT2D eigenvalue weighted by atomic mass is 9.86. The Labute approximate surface area is 113 Å². The molecule has 1 unspecified atom stereocenters. The van der Waals surface area contributed by atoms with Gasteiger partial charge in [0.2, 0.25) is 0 Å². The summed E-state index contributed by atoms with van der Waals surface area (Å²) in [5.74, 6) is 1.27. The molecule has 0 aliphatic heterocycles. The maximum absolute atomic E-state index is 3.78. The van der Waals surface area contributed by atoms with Crippen molar-refractivity contribution in [1.82, 2.24) is 5.32 Å². The van der Waals surface area contributed by atoms with Gasteiger partial charge in [-0.15, -0.1) is 0 Å². The van der Waals surface area contributed by atoms with E-state index in [4.69, 9.17) is 0 Å². The van der Waals surface area contributed by atoms with Crippen molar-refractivity contribution in [2.24, 2.45) is 5.92 Å². The highest BCUT2D eigenvalue weighted by molar-refractivity contribution is 5.20. The number of nitrogens with one attached hydrogen (secondary N) is 1. The van der Waals surface area contributed by atoms with Crippen LogP contribution >= 0.6 is 0 Å². The predicted molar refractivity (Wildman–Crippen MR) is 81.0 cm³/mol. The highest BCUT2D eigenvalue weighted by Gasteiger charge is 2.22. The average Bonchev–Trinajstić information content (AvgIpc) is 2.39. The number of hydrogen-bond acceptors (Lipinski definition) is 1. The Morgan fingerprint density at radius 3 is 2.06 bits per heavy atom. The zero-order chi connectivity index (χ0) is 13.6. The van der Waals surface area contributed by atoms with E-state index in [2.05, 4.69) is 70.3 Å². The summed E-state index contributed by atoms with van der Waals surface area (Å²) in [7, 11) is 0. The first kappa shape index (κ1) is 15.2. The van der Waals surface area contributed by atoms with E-state index in [-0.39, 0.29) is 5.54 Å². The van der Waals surface area contributed by atoms with Gasteiger partial charge in [0.25, 0.3) is 0 Å². The van der Waals surface area contributed by atoms with Gasteiger partial charge in [0, 0.05) is 12.1 Å². The molecule has 0 aliphatic carbocycles. The van der Waals surface area contributed by atoms with Crippen molar-refractivity contribution in [3.8, 4) is 0 Å². The molecule has 0 fully saturated rings. The van der Waals surface area contributed by atoms with E-state index < -0.39 is 0 Å². The highest BCUT2D eigenvalue weighted by atomic mass is 15.0. The summed E-state index contributed by atoms with van der Waals surface area (Å²) in [5.41, 5.74) is 1.73. The normalized spacial score (nSPS) is 13.9. The molecule has 0 bridgehead atoms. The lowest BCUT2D eigenvalue weighted by Crippen LogP contribution is -2.43. The van der Waals surface area contributed by atoms with Crippen molar-refractivity contribution in [1.29, 1.82) is 0 Å². The fourth-order valence-corrected chi connectivity index (χ4v) is 2.30. The van der Waals surface area contributed by atoms with Crippen LogP contribution in [0.4, 0.5) is 0 Å². The Morgan fingerprint density at radius 2 is 1.61 bits per heavy atom. The molecule has 1 atom stereocenters. The van der Waals surface area contributed by atoms with E-state index in [9.17, 15) is 0 Å². The largest absolute Gasteiger partial charge is 0.311 e. The third kappa shape index (κ3) is 4.13. The van der Waals surface area contributed by atoms with Crippen LogP contribution < -0.4 is 5.32 Å². The second-order valence-electron chi connectivity index (χ2n) is 5.91. The summed E-state index contributed by atoms with van der Waals surface area (Å²) < 4.78 is 0. The van der Waals surface area contributed by atoms with E-state index in [1.165, 1.54) is 18.4 Å². The fraction of sp³-hybridized carbons (Fsp3) is 0.647.